The van der Waals surface area contributed by atoms with Crippen molar-refractivity contribution in [1.29, 1.82) is 0 Å². The Morgan fingerprint density at radius 2 is 1.57 bits per heavy atom. The van der Waals surface area contributed by atoms with Crippen molar-refractivity contribution >= 4 is 5.91 Å². The zero-order valence-electron chi connectivity index (χ0n) is 11.1. The fourth-order valence-corrected chi connectivity index (χ4v) is 2.26. The Morgan fingerprint density at radius 1 is 1.05 bits per heavy atom. The first-order valence-electron chi connectivity index (χ1n) is 6.36. The van der Waals surface area contributed by atoms with E-state index in [4.69, 9.17) is 0 Å². The molecule has 1 aromatic carbocycles. The lowest BCUT2D eigenvalue weighted by molar-refractivity contribution is -0.148. The second-order valence-corrected chi connectivity index (χ2v) is 4.92. The van der Waals surface area contributed by atoms with Crippen LogP contribution in [-0.4, -0.2) is 64.8 Å². The summed E-state index contributed by atoms with van der Waals surface area (Å²) < 4.78 is 36.8. The number of carbonyl (C=O) groups is 1. The molecule has 2 N–H and O–H groups in total. The summed E-state index contributed by atoms with van der Waals surface area (Å²) in [5, 5.41) is 18.7. The fraction of sp³-hybridized carbons (Fsp3) is 0.462. The van der Waals surface area contributed by atoms with Crippen LogP contribution in [0.2, 0.25) is 0 Å². The van der Waals surface area contributed by atoms with Crippen molar-refractivity contribution in [3.05, 3.63) is 23.8 Å². The lowest BCUT2D eigenvalue weighted by atomic mass is 10.1. The number of rotatable bonds is 2. The van der Waals surface area contributed by atoms with Gasteiger partial charge in [-0.3, -0.25) is 9.69 Å². The SMILES string of the molecule is O=C(c1cc(O)cc(O)c1)N1CCN(CC(F)(F)F)CC1. The standard InChI is InChI=1S/C13H15F3N2O3/c14-13(15,16)8-17-1-3-18(4-2-17)12(21)9-5-10(19)7-11(20)6-9/h5-7,19-20H,1-4,8H2. The molecule has 1 heterocycles. The topological polar surface area (TPSA) is 64.0 Å². The van der Waals surface area contributed by atoms with Crippen LogP contribution in [0.4, 0.5) is 13.2 Å². The highest BCUT2D eigenvalue weighted by molar-refractivity contribution is 5.95. The summed E-state index contributed by atoms with van der Waals surface area (Å²) in [4.78, 5) is 14.8. The Bertz CT molecular complexity index is 506. The van der Waals surface area contributed by atoms with Gasteiger partial charge >= 0.3 is 6.18 Å². The number of piperazine rings is 1. The molecule has 1 aromatic rings. The summed E-state index contributed by atoms with van der Waals surface area (Å²) in [6.07, 6.45) is -4.25. The van der Waals surface area contributed by atoms with E-state index in [2.05, 4.69) is 0 Å². The van der Waals surface area contributed by atoms with Crippen molar-refractivity contribution in [2.24, 2.45) is 0 Å². The van der Waals surface area contributed by atoms with Crippen molar-refractivity contribution in [3.63, 3.8) is 0 Å². The van der Waals surface area contributed by atoms with Crippen LogP contribution in [0.25, 0.3) is 0 Å². The molecule has 2 rings (SSSR count). The predicted octanol–water partition coefficient (Wildman–Crippen LogP) is 1.42. The van der Waals surface area contributed by atoms with Gasteiger partial charge in [-0.25, -0.2) is 0 Å². The van der Waals surface area contributed by atoms with E-state index in [9.17, 15) is 28.2 Å². The third kappa shape index (κ3) is 4.25. The fourth-order valence-electron chi connectivity index (χ4n) is 2.26. The molecule has 0 saturated carbocycles. The van der Waals surface area contributed by atoms with Crippen LogP contribution in [0.1, 0.15) is 10.4 Å². The van der Waals surface area contributed by atoms with E-state index in [0.29, 0.717) is 0 Å². The highest BCUT2D eigenvalue weighted by atomic mass is 19.4. The maximum Gasteiger partial charge on any atom is 0.401 e. The van der Waals surface area contributed by atoms with Crippen molar-refractivity contribution < 1.29 is 28.2 Å². The smallest absolute Gasteiger partial charge is 0.401 e. The number of phenols is 2. The van der Waals surface area contributed by atoms with Crippen LogP contribution in [0.15, 0.2) is 18.2 Å². The zero-order chi connectivity index (χ0) is 15.6. The highest BCUT2D eigenvalue weighted by Crippen LogP contribution is 2.22. The molecule has 116 valence electrons. The first-order chi connectivity index (χ1) is 9.74. The minimum atomic E-state index is -4.25. The van der Waals surface area contributed by atoms with Crippen molar-refractivity contribution in [1.82, 2.24) is 9.80 Å². The molecular formula is C13H15F3N2O3. The van der Waals surface area contributed by atoms with Gasteiger partial charge in [-0.1, -0.05) is 0 Å². The molecule has 0 aromatic heterocycles. The number of aromatic hydroxyl groups is 2. The van der Waals surface area contributed by atoms with E-state index in [1.54, 1.807) is 0 Å². The molecule has 1 amide bonds. The Balaban J connectivity index is 1.97. The lowest BCUT2D eigenvalue weighted by Gasteiger charge is -2.35. The second kappa shape index (κ2) is 5.80. The lowest BCUT2D eigenvalue weighted by Crippen LogP contribution is -2.50. The quantitative estimate of drug-likeness (QED) is 0.867. The Kier molecular flexibility index (Phi) is 4.26. The molecule has 5 nitrogen and oxygen atoms in total. The van der Waals surface area contributed by atoms with E-state index >= 15 is 0 Å². The monoisotopic (exact) mass is 304 g/mol. The van der Waals surface area contributed by atoms with Gasteiger partial charge in [-0.15, -0.1) is 0 Å². The summed E-state index contributed by atoms with van der Waals surface area (Å²) in [6, 6.07) is 3.52. The van der Waals surface area contributed by atoms with Gasteiger partial charge in [-0.2, -0.15) is 13.2 Å². The number of amides is 1. The average Bonchev–Trinajstić information content (AvgIpc) is 2.35. The molecule has 0 spiro atoms. The van der Waals surface area contributed by atoms with Crippen LogP contribution in [0.5, 0.6) is 11.5 Å². The van der Waals surface area contributed by atoms with Crippen LogP contribution in [0, 0.1) is 0 Å². The molecule has 1 fully saturated rings. The van der Waals surface area contributed by atoms with Gasteiger partial charge in [0.25, 0.3) is 5.91 Å². The maximum atomic E-state index is 12.3. The van der Waals surface area contributed by atoms with Crippen LogP contribution < -0.4 is 0 Å². The number of phenolic OH excluding ortho intramolecular Hbond substituents is 2. The number of carbonyl (C=O) groups excluding carboxylic acids is 1. The molecule has 0 atom stereocenters. The van der Waals surface area contributed by atoms with Crippen molar-refractivity contribution in [3.8, 4) is 11.5 Å². The summed E-state index contributed by atoms with van der Waals surface area (Å²) in [5.41, 5.74) is 0.108. The predicted molar refractivity (Wildman–Crippen MR) is 68.2 cm³/mol. The van der Waals surface area contributed by atoms with Crippen LogP contribution in [0.3, 0.4) is 0 Å². The van der Waals surface area contributed by atoms with E-state index < -0.39 is 18.6 Å². The summed E-state index contributed by atoms with van der Waals surface area (Å²) >= 11 is 0. The minimum absolute atomic E-state index is 0.108. The van der Waals surface area contributed by atoms with Crippen LogP contribution in [-0.2, 0) is 0 Å². The summed E-state index contributed by atoms with van der Waals surface area (Å²) in [6.45, 7) is -0.370. The third-order valence-corrected chi connectivity index (χ3v) is 3.21. The minimum Gasteiger partial charge on any atom is -0.508 e. The summed E-state index contributed by atoms with van der Waals surface area (Å²) in [5.74, 6) is -0.907. The number of hydrogen-bond acceptors (Lipinski definition) is 4. The molecule has 1 saturated heterocycles. The van der Waals surface area contributed by atoms with Crippen molar-refractivity contribution in [2.45, 2.75) is 6.18 Å². The molecule has 8 heteroatoms. The molecule has 0 bridgehead atoms. The molecule has 0 aliphatic carbocycles. The Hall–Kier alpha value is -1.96. The Morgan fingerprint density at radius 3 is 2.05 bits per heavy atom. The number of benzene rings is 1. The molecule has 0 radical (unpaired) electrons. The number of alkyl halides is 3. The van der Waals surface area contributed by atoms with Gasteiger partial charge in [-0.05, 0) is 12.1 Å². The normalized spacial score (nSPS) is 17.0. The third-order valence-electron chi connectivity index (χ3n) is 3.21. The average molecular weight is 304 g/mol. The number of hydrogen-bond donors (Lipinski definition) is 2. The van der Waals surface area contributed by atoms with E-state index in [-0.39, 0.29) is 43.2 Å². The zero-order valence-corrected chi connectivity index (χ0v) is 11.1. The van der Waals surface area contributed by atoms with Crippen LogP contribution >= 0.6 is 0 Å². The van der Waals surface area contributed by atoms with E-state index in [1.807, 2.05) is 0 Å². The Labute approximate surface area is 119 Å². The maximum absolute atomic E-state index is 12.3. The number of halogens is 3. The molecule has 1 aliphatic rings. The summed E-state index contributed by atoms with van der Waals surface area (Å²) in [7, 11) is 0. The van der Waals surface area contributed by atoms with Gasteiger partial charge in [0.15, 0.2) is 0 Å². The first kappa shape index (κ1) is 15.4. The van der Waals surface area contributed by atoms with Gasteiger partial charge in [0.05, 0.1) is 6.54 Å². The largest absolute Gasteiger partial charge is 0.508 e. The number of nitrogens with zero attached hydrogens (tertiary/aromatic N) is 2. The van der Waals surface area contributed by atoms with Gasteiger partial charge in [0.1, 0.15) is 11.5 Å². The van der Waals surface area contributed by atoms with Gasteiger partial charge in [0.2, 0.25) is 0 Å². The molecule has 0 unspecified atom stereocenters. The molecule has 1 aliphatic heterocycles. The van der Waals surface area contributed by atoms with Gasteiger partial charge in [0, 0.05) is 37.8 Å². The molecule has 21 heavy (non-hydrogen) atoms. The highest BCUT2D eigenvalue weighted by Gasteiger charge is 2.33. The second-order valence-electron chi connectivity index (χ2n) is 4.92. The van der Waals surface area contributed by atoms with Gasteiger partial charge < -0.3 is 15.1 Å². The molecular weight excluding hydrogens is 289 g/mol. The van der Waals surface area contributed by atoms with E-state index in [1.165, 1.54) is 21.9 Å². The first-order valence-corrected chi connectivity index (χ1v) is 6.36. The van der Waals surface area contributed by atoms with Crippen molar-refractivity contribution in [2.75, 3.05) is 32.7 Å². The van der Waals surface area contributed by atoms with E-state index in [0.717, 1.165) is 6.07 Å².